The molecule has 0 fully saturated rings. The number of carbonyl (C=O) groups excluding carboxylic acids is 3. The highest BCUT2D eigenvalue weighted by Gasteiger charge is 2.45. The van der Waals surface area contributed by atoms with Crippen LogP contribution in [0.5, 0.6) is 5.75 Å². The van der Waals surface area contributed by atoms with Gasteiger partial charge in [-0.05, 0) is 47.3 Å². The predicted octanol–water partition coefficient (Wildman–Crippen LogP) is 10.4. The van der Waals surface area contributed by atoms with Gasteiger partial charge in [0, 0.05) is 13.0 Å². The molecule has 1 aromatic rings. The van der Waals surface area contributed by atoms with Crippen molar-refractivity contribution in [3.63, 3.8) is 0 Å². The van der Waals surface area contributed by atoms with Crippen molar-refractivity contribution in [3.8, 4) is 5.75 Å². The number of halogens is 1. The number of rotatable bonds is 32. The monoisotopic (exact) mass is 750 g/mol. The third-order valence-electron chi connectivity index (χ3n) is 9.73. The van der Waals surface area contributed by atoms with Gasteiger partial charge < -0.3 is 19.9 Å². The van der Waals surface area contributed by atoms with Crippen molar-refractivity contribution >= 4 is 32.4 Å². The Morgan fingerprint density at radius 2 is 1.18 bits per heavy atom. The lowest BCUT2D eigenvalue weighted by molar-refractivity contribution is -0.870. The van der Waals surface area contributed by atoms with E-state index in [1.54, 1.807) is 11.0 Å². The molecule has 0 saturated heterocycles. The van der Waals surface area contributed by atoms with Gasteiger partial charge in [0.25, 0.3) is 5.91 Å². The first-order valence-corrected chi connectivity index (χ1v) is 20.6. The Kier molecular flexibility index (Phi) is 24.7. The van der Waals surface area contributed by atoms with Gasteiger partial charge in [0.2, 0.25) is 10.6 Å². The lowest BCUT2D eigenvalue weighted by Gasteiger charge is -2.42. The molecule has 0 heterocycles. The molecular weight excluding hydrogens is 678 g/mol. The van der Waals surface area contributed by atoms with E-state index in [1.807, 2.05) is 18.2 Å². The largest absolute Gasteiger partial charge is 0.487 e. The highest BCUT2D eigenvalue weighted by molar-refractivity contribution is 9.18. The Bertz CT molecular complexity index is 1040. The van der Waals surface area contributed by atoms with E-state index in [4.69, 9.17) is 10.5 Å². The number of quaternary nitrogens is 1. The molecule has 0 bridgehead atoms. The Balaban J connectivity index is 3.17. The van der Waals surface area contributed by atoms with Crippen LogP contribution in [0.4, 0.5) is 0 Å². The molecule has 0 aliphatic rings. The minimum atomic E-state index is -1.17. The zero-order valence-corrected chi connectivity index (χ0v) is 33.8. The van der Waals surface area contributed by atoms with E-state index in [1.165, 1.54) is 89.9 Å². The molecule has 0 radical (unpaired) electrons. The molecule has 2 N–H and O–H groups in total. The molecule has 7 nitrogen and oxygen atoms in total. The molecule has 0 aliphatic carbocycles. The Labute approximate surface area is 309 Å². The summed E-state index contributed by atoms with van der Waals surface area (Å²) in [5.74, 6) is -0.156. The van der Waals surface area contributed by atoms with Crippen molar-refractivity contribution in [2.75, 3.05) is 40.8 Å². The molecule has 1 rings (SSSR count). The Hall–Kier alpha value is -1.93. The van der Waals surface area contributed by atoms with Crippen LogP contribution >= 0.6 is 15.9 Å². The van der Waals surface area contributed by atoms with E-state index in [9.17, 15) is 14.4 Å². The fourth-order valence-electron chi connectivity index (χ4n) is 6.54. The van der Waals surface area contributed by atoms with E-state index in [2.05, 4.69) is 50.9 Å². The number of nitrogens with zero attached hydrogens (tertiary/aromatic N) is 2. The van der Waals surface area contributed by atoms with Gasteiger partial charge in [0.15, 0.2) is 0 Å². The molecule has 282 valence electrons. The summed E-state index contributed by atoms with van der Waals surface area (Å²) in [5, 5.41) is 0. The van der Waals surface area contributed by atoms with Gasteiger partial charge >= 0.3 is 0 Å². The van der Waals surface area contributed by atoms with Crippen molar-refractivity contribution in [2.24, 2.45) is 5.73 Å². The SMILES string of the molecule is CCCCCCCCCCCCN(C(=O)c1ccccc1OCC[N+](C)(C)C)[C@@](CCCCCCCCCCCC)(CCC(N)=O)C(=O)Br. The van der Waals surface area contributed by atoms with Gasteiger partial charge in [-0.25, -0.2) is 0 Å². The minimum absolute atomic E-state index is 0.0402. The van der Waals surface area contributed by atoms with E-state index < -0.39 is 11.4 Å². The summed E-state index contributed by atoms with van der Waals surface area (Å²) in [4.78, 5) is 42.3. The Morgan fingerprint density at radius 1 is 0.714 bits per heavy atom. The van der Waals surface area contributed by atoms with Gasteiger partial charge in [0.05, 0.1) is 26.7 Å². The summed E-state index contributed by atoms with van der Waals surface area (Å²) >= 11 is 3.35. The van der Waals surface area contributed by atoms with Gasteiger partial charge in [-0.3, -0.25) is 14.4 Å². The van der Waals surface area contributed by atoms with Crippen LogP contribution in [0.3, 0.4) is 0 Å². The quantitative estimate of drug-likeness (QED) is 0.0451. The standard InChI is InChI=1S/C41H72BrN3O4/c1-6-8-10-12-14-16-18-20-22-26-31-41(40(42)48,32-30-38(43)46)44(33-27-23-21-19-17-15-13-11-9-7-2)39(47)36-28-24-25-29-37(36)49-35-34-45(3,4)5/h24-25,28-29H,6-23,26-27,30-35H2,1-5H3,(H-,43,46)/p+1/t41-/m0/s1. The zero-order chi connectivity index (χ0) is 36.4. The fraction of sp³-hybridized carbons (Fsp3) is 0.780. The van der Waals surface area contributed by atoms with Crippen molar-refractivity contribution in [2.45, 2.75) is 167 Å². The van der Waals surface area contributed by atoms with Crippen LogP contribution in [0.25, 0.3) is 0 Å². The van der Waals surface area contributed by atoms with Crippen LogP contribution in [-0.2, 0) is 9.59 Å². The van der Waals surface area contributed by atoms with Gasteiger partial charge in [-0.2, -0.15) is 0 Å². The lowest BCUT2D eigenvalue weighted by Crippen LogP contribution is -2.56. The highest BCUT2D eigenvalue weighted by Crippen LogP contribution is 2.35. The van der Waals surface area contributed by atoms with Gasteiger partial charge in [0.1, 0.15) is 24.4 Å². The number of unbranched alkanes of at least 4 members (excludes halogenated alkanes) is 18. The maximum atomic E-state index is 14.6. The first kappa shape index (κ1) is 45.1. The van der Waals surface area contributed by atoms with Crippen molar-refractivity contribution in [1.29, 1.82) is 0 Å². The van der Waals surface area contributed by atoms with E-state index in [-0.39, 0.29) is 23.4 Å². The van der Waals surface area contributed by atoms with E-state index in [0.29, 0.717) is 30.9 Å². The molecule has 0 aromatic heterocycles. The molecule has 0 spiro atoms. The average Bonchev–Trinajstić information content (AvgIpc) is 3.05. The topological polar surface area (TPSA) is 89.7 Å². The predicted molar refractivity (Wildman–Crippen MR) is 209 cm³/mol. The number of hydrogen-bond acceptors (Lipinski definition) is 4. The summed E-state index contributed by atoms with van der Waals surface area (Å²) in [5.41, 5.74) is 4.96. The van der Waals surface area contributed by atoms with Crippen LogP contribution in [0.15, 0.2) is 24.3 Å². The third-order valence-corrected chi connectivity index (χ3v) is 10.5. The number of amides is 2. The Morgan fingerprint density at radius 3 is 1.65 bits per heavy atom. The van der Waals surface area contributed by atoms with Crippen molar-refractivity contribution in [3.05, 3.63) is 29.8 Å². The van der Waals surface area contributed by atoms with Crippen LogP contribution in [0.1, 0.15) is 172 Å². The number of benzene rings is 1. The van der Waals surface area contributed by atoms with Crippen LogP contribution in [0, 0.1) is 0 Å². The second kappa shape index (κ2) is 26.8. The average molecular weight is 752 g/mol. The maximum Gasteiger partial charge on any atom is 0.258 e. The number of ether oxygens (including phenoxy) is 1. The fourth-order valence-corrected chi connectivity index (χ4v) is 7.15. The van der Waals surface area contributed by atoms with Crippen LogP contribution in [0.2, 0.25) is 0 Å². The minimum Gasteiger partial charge on any atom is -0.487 e. The lowest BCUT2D eigenvalue weighted by atomic mass is 9.85. The number of primary amides is 1. The van der Waals surface area contributed by atoms with Crippen LogP contribution in [-0.4, -0.2) is 72.3 Å². The number of nitrogens with two attached hydrogens (primary N) is 1. The molecule has 0 saturated carbocycles. The summed E-state index contributed by atoms with van der Waals surface area (Å²) in [6.07, 6.45) is 24.3. The number of para-hydroxylation sites is 1. The molecule has 0 unspecified atom stereocenters. The third kappa shape index (κ3) is 19.9. The normalized spacial score (nSPS) is 12.9. The molecule has 1 aromatic carbocycles. The summed E-state index contributed by atoms with van der Waals surface area (Å²) in [6, 6.07) is 7.37. The van der Waals surface area contributed by atoms with Gasteiger partial charge in [-0.1, -0.05) is 148 Å². The van der Waals surface area contributed by atoms with Crippen LogP contribution < -0.4 is 10.5 Å². The van der Waals surface area contributed by atoms with Crippen molar-refractivity contribution < 1.29 is 23.6 Å². The molecule has 2 amide bonds. The first-order chi connectivity index (χ1) is 23.5. The highest BCUT2D eigenvalue weighted by atomic mass is 79.9. The second-order valence-electron chi connectivity index (χ2n) is 15.2. The van der Waals surface area contributed by atoms with Crippen molar-refractivity contribution in [1.82, 2.24) is 4.90 Å². The van der Waals surface area contributed by atoms with Gasteiger partial charge in [-0.15, -0.1) is 0 Å². The molecule has 1 atom stereocenters. The first-order valence-electron chi connectivity index (χ1n) is 19.8. The molecule has 8 heteroatoms. The number of carbonyl (C=O) groups is 3. The molecule has 0 aliphatic heterocycles. The summed E-state index contributed by atoms with van der Waals surface area (Å²) in [6.45, 7) is 6.18. The molecular formula is C41H73BrN3O4+. The second-order valence-corrected chi connectivity index (χ2v) is 15.9. The summed E-state index contributed by atoms with van der Waals surface area (Å²) < 4.78 is 6.69. The summed E-state index contributed by atoms with van der Waals surface area (Å²) in [7, 11) is 6.32. The maximum absolute atomic E-state index is 14.6. The number of hydrogen-bond donors (Lipinski definition) is 1. The number of likely N-dealkylation sites (N-methyl/N-ethyl adjacent to an activating group) is 1. The van der Waals surface area contributed by atoms with E-state index in [0.717, 1.165) is 49.6 Å². The zero-order valence-electron chi connectivity index (χ0n) is 32.2. The smallest absolute Gasteiger partial charge is 0.258 e. The molecule has 49 heavy (non-hydrogen) atoms. The van der Waals surface area contributed by atoms with E-state index >= 15 is 0 Å².